The van der Waals surface area contributed by atoms with Crippen molar-refractivity contribution in [2.75, 3.05) is 11.9 Å². The van der Waals surface area contributed by atoms with Gasteiger partial charge >= 0.3 is 0 Å². The molecule has 0 radical (unpaired) electrons. The number of rotatable bonds is 11. The maximum Gasteiger partial charge on any atom is 0.272 e. The Hall–Kier alpha value is -2.98. The summed E-state index contributed by atoms with van der Waals surface area (Å²) in [6.07, 6.45) is 1.36. The van der Waals surface area contributed by atoms with E-state index in [1.54, 1.807) is 62.4 Å². The van der Waals surface area contributed by atoms with E-state index < -0.39 is 51.1 Å². The molecule has 0 saturated carbocycles. The fraction of sp³-hybridized carbons (Fsp3) is 0.357. The lowest BCUT2D eigenvalue weighted by Crippen LogP contribution is -2.44. The largest absolute Gasteiger partial charge is 0.392 e. The summed E-state index contributed by atoms with van der Waals surface area (Å²) in [6, 6.07) is 11.7. The van der Waals surface area contributed by atoms with Gasteiger partial charge in [-0.2, -0.15) is 0 Å². The Morgan fingerprint density at radius 1 is 1.02 bits per heavy atom. The van der Waals surface area contributed by atoms with Crippen molar-refractivity contribution in [2.24, 2.45) is 11.8 Å². The number of carbonyl (C=O) groups is 4. The van der Waals surface area contributed by atoms with E-state index >= 15 is 4.39 Å². The molecule has 2 aromatic carbocycles. The van der Waals surface area contributed by atoms with Gasteiger partial charge in [0.1, 0.15) is 5.83 Å². The summed E-state index contributed by atoms with van der Waals surface area (Å²) in [7, 11) is 0. The number of anilines is 1. The van der Waals surface area contributed by atoms with E-state index in [1.807, 2.05) is 0 Å². The van der Waals surface area contributed by atoms with Crippen LogP contribution < -0.4 is 10.6 Å². The normalized spacial score (nSPS) is 15.2. The number of fused-ring (bicyclic) bond motifs is 1. The van der Waals surface area contributed by atoms with Crippen LogP contribution in [0.5, 0.6) is 0 Å². The van der Waals surface area contributed by atoms with Gasteiger partial charge in [0.25, 0.3) is 21.5 Å². The highest BCUT2D eigenvalue weighted by Crippen LogP contribution is 2.28. The van der Waals surface area contributed by atoms with E-state index in [2.05, 4.69) is 10.6 Å². The van der Waals surface area contributed by atoms with Crippen LogP contribution in [0.1, 0.15) is 53.0 Å². The molecule has 0 aromatic heterocycles. The minimum atomic E-state index is -2.31. The maximum absolute atomic E-state index is 15.5. The third-order valence-corrected chi connectivity index (χ3v) is 6.90. The predicted molar refractivity (Wildman–Crippen MR) is 152 cm³/mol. The molecular formula is C28H29Cl3FN3O5. The molecule has 0 aliphatic carbocycles. The van der Waals surface area contributed by atoms with E-state index in [0.717, 1.165) is 11.0 Å². The molecule has 3 rings (SSSR count). The smallest absolute Gasteiger partial charge is 0.272 e. The predicted octanol–water partition coefficient (Wildman–Crippen LogP) is 5.17. The van der Waals surface area contributed by atoms with E-state index in [4.69, 9.17) is 34.8 Å². The minimum absolute atomic E-state index is 0.0222. The van der Waals surface area contributed by atoms with Crippen LogP contribution in [0.15, 0.2) is 60.4 Å². The number of nitrogens with one attached hydrogen (secondary N) is 2. The van der Waals surface area contributed by atoms with Gasteiger partial charge in [-0.3, -0.25) is 24.1 Å². The number of halogens is 4. The lowest BCUT2D eigenvalue weighted by atomic mass is 9.96. The molecule has 12 heteroatoms. The molecule has 0 spiro atoms. The molecule has 3 N–H and O–H groups in total. The molecular weight excluding hydrogens is 584 g/mol. The van der Waals surface area contributed by atoms with E-state index in [0.29, 0.717) is 22.4 Å². The highest BCUT2D eigenvalue weighted by Gasteiger charge is 2.36. The molecule has 2 aromatic rings. The molecule has 214 valence electrons. The summed E-state index contributed by atoms with van der Waals surface area (Å²) in [5.41, 5.74) is 1.68. The highest BCUT2D eigenvalue weighted by molar-refractivity contribution is 6.76. The van der Waals surface area contributed by atoms with Gasteiger partial charge in [0.2, 0.25) is 5.91 Å². The van der Waals surface area contributed by atoms with Gasteiger partial charge in [0.15, 0.2) is 0 Å². The second-order valence-electron chi connectivity index (χ2n) is 9.64. The molecule has 0 bridgehead atoms. The molecule has 0 fully saturated rings. The fourth-order valence-corrected chi connectivity index (χ4v) is 4.37. The zero-order valence-electron chi connectivity index (χ0n) is 21.8. The number of hydrogen-bond acceptors (Lipinski definition) is 5. The quantitative estimate of drug-likeness (QED) is 0.239. The van der Waals surface area contributed by atoms with Crippen LogP contribution in [0.2, 0.25) is 0 Å². The first-order valence-electron chi connectivity index (χ1n) is 12.5. The van der Waals surface area contributed by atoms with Crippen LogP contribution in [0.3, 0.4) is 0 Å². The van der Waals surface area contributed by atoms with Crippen LogP contribution in [-0.4, -0.2) is 50.0 Å². The van der Waals surface area contributed by atoms with Crippen molar-refractivity contribution >= 4 is 64.1 Å². The summed E-state index contributed by atoms with van der Waals surface area (Å²) in [5, 5.41) is 14.3. The van der Waals surface area contributed by atoms with Crippen molar-refractivity contribution in [1.82, 2.24) is 10.2 Å². The molecule has 1 aliphatic heterocycles. The minimum Gasteiger partial charge on any atom is -0.392 e. The van der Waals surface area contributed by atoms with Crippen molar-refractivity contribution in [3.63, 3.8) is 0 Å². The number of aliphatic hydroxyl groups excluding tert-OH is 1. The molecule has 4 amide bonds. The third-order valence-electron chi connectivity index (χ3n) is 6.38. The second-order valence-corrected chi connectivity index (χ2v) is 11.9. The number of carbonyl (C=O) groups excluding carboxylic acids is 4. The molecule has 8 nitrogen and oxygen atoms in total. The van der Waals surface area contributed by atoms with Crippen molar-refractivity contribution in [3.05, 3.63) is 77.1 Å². The van der Waals surface area contributed by atoms with Gasteiger partial charge in [0, 0.05) is 12.2 Å². The van der Waals surface area contributed by atoms with Crippen molar-refractivity contribution in [1.29, 1.82) is 0 Å². The lowest BCUT2D eigenvalue weighted by molar-refractivity contribution is -0.121. The molecule has 2 unspecified atom stereocenters. The summed E-state index contributed by atoms with van der Waals surface area (Å²) < 4.78 is 13.2. The van der Waals surface area contributed by atoms with Crippen molar-refractivity contribution in [2.45, 2.75) is 43.1 Å². The molecule has 0 saturated heterocycles. The van der Waals surface area contributed by atoms with Crippen LogP contribution in [-0.2, 0) is 16.2 Å². The Balaban J connectivity index is 1.79. The molecule has 1 aliphatic rings. The van der Waals surface area contributed by atoms with Gasteiger partial charge in [-0.1, -0.05) is 72.9 Å². The second kappa shape index (κ2) is 13.6. The number of amides is 4. The summed E-state index contributed by atoms with van der Waals surface area (Å²) >= 11 is 16.9. The Kier molecular flexibility index (Phi) is 10.7. The number of nitrogens with zero attached hydrogens (tertiary/aromatic N) is 1. The van der Waals surface area contributed by atoms with E-state index in [9.17, 15) is 24.3 Å². The average Bonchev–Trinajstić information content (AvgIpc) is 3.15. The zero-order valence-corrected chi connectivity index (χ0v) is 24.1. The maximum atomic E-state index is 15.5. The first kappa shape index (κ1) is 31.5. The van der Waals surface area contributed by atoms with Crippen molar-refractivity contribution in [3.8, 4) is 0 Å². The monoisotopic (exact) mass is 611 g/mol. The number of imide groups is 1. The summed E-state index contributed by atoms with van der Waals surface area (Å²) in [5.74, 6) is -4.74. The Morgan fingerprint density at radius 2 is 1.60 bits per heavy atom. The number of hydrogen-bond donors (Lipinski definition) is 3. The Morgan fingerprint density at radius 3 is 2.10 bits per heavy atom. The molecule has 1 heterocycles. The number of alkyl halides is 3. The van der Waals surface area contributed by atoms with Gasteiger partial charge in [-0.05, 0) is 54.7 Å². The standard InChI is InChI=1S/C28H29Cl3FN3O5/c1-16(2)23(34-27(40)28(29,30)31)22(32)14-18(24(37)33-19-11-9-17(15-36)10-12-19)6-5-13-35-25(38)20-7-3-4-8-21(20)26(35)39/h3-4,7-12,14,16,18,23,36H,5-6,13,15H2,1-2H3,(H,33,37)(H,34,40)/b22-14-. The third kappa shape index (κ3) is 7.81. The first-order chi connectivity index (χ1) is 18.8. The van der Waals surface area contributed by atoms with Crippen LogP contribution >= 0.6 is 34.8 Å². The average molecular weight is 613 g/mol. The van der Waals surface area contributed by atoms with Gasteiger partial charge in [-0.25, -0.2) is 4.39 Å². The molecule has 40 heavy (non-hydrogen) atoms. The lowest BCUT2D eigenvalue weighted by Gasteiger charge is -2.24. The van der Waals surface area contributed by atoms with E-state index in [-0.39, 0.29) is 26.0 Å². The summed E-state index contributed by atoms with van der Waals surface area (Å²) in [4.78, 5) is 51.9. The highest BCUT2D eigenvalue weighted by atomic mass is 35.6. The van der Waals surface area contributed by atoms with E-state index in [1.165, 1.54) is 0 Å². The van der Waals surface area contributed by atoms with Crippen LogP contribution in [0.4, 0.5) is 10.1 Å². The topological polar surface area (TPSA) is 116 Å². The zero-order chi connectivity index (χ0) is 29.6. The Labute approximate surface area is 246 Å². The number of benzene rings is 2. The van der Waals surface area contributed by atoms with Crippen LogP contribution in [0.25, 0.3) is 0 Å². The fourth-order valence-electron chi connectivity index (χ4n) is 4.20. The van der Waals surface area contributed by atoms with Crippen LogP contribution in [0, 0.1) is 11.8 Å². The first-order valence-corrected chi connectivity index (χ1v) is 13.7. The molecule has 2 atom stereocenters. The van der Waals surface area contributed by atoms with Gasteiger partial charge in [0.05, 0.1) is 29.7 Å². The van der Waals surface area contributed by atoms with Gasteiger partial charge in [-0.15, -0.1) is 0 Å². The SMILES string of the molecule is CC(C)C(NC(=O)C(Cl)(Cl)Cl)/C(F)=C/C(CCCN1C(=O)c2ccccc2C1=O)C(=O)Nc1ccc(CO)cc1. The Bertz CT molecular complexity index is 1260. The van der Waals surface area contributed by atoms with Crippen molar-refractivity contribution < 1.29 is 28.7 Å². The summed E-state index contributed by atoms with van der Waals surface area (Å²) in [6.45, 7) is 3.15. The number of aliphatic hydroxyl groups is 1. The van der Waals surface area contributed by atoms with Gasteiger partial charge < -0.3 is 15.7 Å².